The van der Waals surface area contributed by atoms with Gasteiger partial charge >= 0.3 is 0 Å². The number of thioether (sulfide) groups is 1. The van der Waals surface area contributed by atoms with Crippen molar-refractivity contribution in [3.8, 4) is 0 Å². The fourth-order valence-corrected chi connectivity index (χ4v) is 3.35. The van der Waals surface area contributed by atoms with Gasteiger partial charge in [-0.05, 0) is 12.8 Å². The van der Waals surface area contributed by atoms with E-state index in [0.29, 0.717) is 0 Å². The molecule has 14 heavy (non-hydrogen) atoms. The number of unbranched alkanes of at least 4 members (excludes halogenated alkanes) is 4. The lowest BCUT2D eigenvalue weighted by Crippen LogP contribution is -2.28. The van der Waals surface area contributed by atoms with Crippen molar-refractivity contribution in [2.24, 2.45) is 0 Å². The summed E-state index contributed by atoms with van der Waals surface area (Å²) in [5, 5.41) is 4.46. The molecule has 0 aromatic carbocycles. The van der Waals surface area contributed by atoms with Crippen LogP contribution in [0.1, 0.15) is 58.8 Å². The first-order valence-corrected chi connectivity index (χ1v) is 7.29. The SMILES string of the molecule is CCCCCCCC1NC(CC)CS1. The Morgan fingerprint density at radius 1 is 1.14 bits per heavy atom. The van der Waals surface area contributed by atoms with E-state index in [1.807, 2.05) is 0 Å². The van der Waals surface area contributed by atoms with Gasteiger partial charge in [0, 0.05) is 11.8 Å². The fraction of sp³-hybridized carbons (Fsp3) is 1.00. The average molecular weight is 215 g/mol. The van der Waals surface area contributed by atoms with E-state index in [1.54, 1.807) is 0 Å². The molecule has 1 rings (SSSR count). The zero-order valence-electron chi connectivity index (χ0n) is 9.72. The Morgan fingerprint density at radius 3 is 2.57 bits per heavy atom. The first kappa shape index (κ1) is 12.4. The second kappa shape index (κ2) is 7.58. The molecule has 1 heterocycles. The maximum absolute atomic E-state index is 3.69. The van der Waals surface area contributed by atoms with E-state index in [4.69, 9.17) is 0 Å². The summed E-state index contributed by atoms with van der Waals surface area (Å²) in [5.41, 5.74) is 0. The average Bonchev–Trinajstić information content (AvgIpc) is 2.65. The highest BCUT2D eigenvalue weighted by Crippen LogP contribution is 2.24. The van der Waals surface area contributed by atoms with E-state index in [0.717, 1.165) is 11.4 Å². The summed E-state index contributed by atoms with van der Waals surface area (Å²) in [7, 11) is 0. The van der Waals surface area contributed by atoms with Crippen molar-refractivity contribution in [2.75, 3.05) is 5.75 Å². The van der Waals surface area contributed by atoms with Gasteiger partial charge in [-0.2, -0.15) is 0 Å². The van der Waals surface area contributed by atoms with Crippen LogP contribution in [0.5, 0.6) is 0 Å². The predicted molar refractivity (Wildman–Crippen MR) is 66.8 cm³/mol. The minimum absolute atomic E-state index is 0.765. The van der Waals surface area contributed by atoms with E-state index >= 15 is 0 Å². The third-order valence-electron chi connectivity index (χ3n) is 2.98. The smallest absolute Gasteiger partial charge is 0.0535 e. The van der Waals surface area contributed by atoms with Gasteiger partial charge in [0.05, 0.1) is 5.37 Å². The van der Waals surface area contributed by atoms with Crippen LogP contribution in [0.15, 0.2) is 0 Å². The van der Waals surface area contributed by atoms with Crippen LogP contribution in [0.4, 0.5) is 0 Å². The molecule has 84 valence electrons. The van der Waals surface area contributed by atoms with Crippen molar-refractivity contribution in [1.29, 1.82) is 0 Å². The van der Waals surface area contributed by atoms with Gasteiger partial charge in [-0.15, -0.1) is 11.8 Å². The van der Waals surface area contributed by atoms with E-state index in [1.165, 1.54) is 50.7 Å². The van der Waals surface area contributed by atoms with Crippen molar-refractivity contribution in [3.63, 3.8) is 0 Å². The Bertz CT molecular complexity index is 138. The zero-order chi connectivity index (χ0) is 10.2. The standard InChI is InChI=1S/C12H25NS/c1-3-5-6-7-8-9-12-13-11(4-2)10-14-12/h11-13H,3-10H2,1-2H3. The van der Waals surface area contributed by atoms with Crippen LogP contribution >= 0.6 is 11.8 Å². The monoisotopic (exact) mass is 215 g/mol. The normalized spacial score (nSPS) is 27.0. The van der Waals surface area contributed by atoms with Crippen LogP contribution in [0.25, 0.3) is 0 Å². The first-order valence-electron chi connectivity index (χ1n) is 6.24. The van der Waals surface area contributed by atoms with Crippen LogP contribution in [0.3, 0.4) is 0 Å². The van der Waals surface area contributed by atoms with Crippen LogP contribution in [0, 0.1) is 0 Å². The summed E-state index contributed by atoms with van der Waals surface area (Å²) in [6.07, 6.45) is 9.73. The van der Waals surface area contributed by atoms with Crippen molar-refractivity contribution < 1.29 is 0 Å². The molecule has 1 aliphatic rings. The summed E-state index contributed by atoms with van der Waals surface area (Å²) in [6, 6.07) is 0.792. The molecule has 1 N–H and O–H groups in total. The summed E-state index contributed by atoms with van der Waals surface area (Å²) >= 11 is 2.13. The van der Waals surface area contributed by atoms with Crippen LogP contribution < -0.4 is 5.32 Å². The molecule has 0 aliphatic carbocycles. The lowest BCUT2D eigenvalue weighted by atomic mass is 10.1. The van der Waals surface area contributed by atoms with Crippen molar-refractivity contribution >= 4 is 11.8 Å². The van der Waals surface area contributed by atoms with Crippen molar-refractivity contribution in [1.82, 2.24) is 5.32 Å². The quantitative estimate of drug-likeness (QED) is 0.649. The molecular formula is C12H25NS. The van der Waals surface area contributed by atoms with Crippen LogP contribution in [-0.2, 0) is 0 Å². The highest BCUT2D eigenvalue weighted by atomic mass is 32.2. The zero-order valence-corrected chi connectivity index (χ0v) is 10.5. The van der Waals surface area contributed by atoms with Gasteiger partial charge in [0.2, 0.25) is 0 Å². The molecule has 2 heteroatoms. The topological polar surface area (TPSA) is 12.0 Å². The highest BCUT2D eigenvalue weighted by molar-refractivity contribution is 8.00. The van der Waals surface area contributed by atoms with Crippen LogP contribution in [-0.4, -0.2) is 17.2 Å². The van der Waals surface area contributed by atoms with Crippen LogP contribution in [0.2, 0.25) is 0 Å². The summed E-state index contributed by atoms with van der Waals surface area (Å²) in [6.45, 7) is 4.56. The number of hydrogen-bond donors (Lipinski definition) is 1. The molecule has 1 aliphatic heterocycles. The molecule has 0 aromatic rings. The van der Waals surface area contributed by atoms with Gasteiger partial charge in [0.15, 0.2) is 0 Å². The summed E-state index contributed by atoms with van der Waals surface area (Å²) in [4.78, 5) is 0. The van der Waals surface area contributed by atoms with E-state index in [9.17, 15) is 0 Å². The molecule has 0 spiro atoms. The van der Waals surface area contributed by atoms with Gasteiger partial charge < -0.3 is 5.32 Å². The largest absolute Gasteiger partial charge is 0.302 e. The lowest BCUT2D eigenvalue weighted by Gasteiger charge is -2.11. The van der Waals surface area contributed by atoms with Crippen molar-refractivity contribution in [2.45, 2.75) is 70.2 Å². The molecule has 1 nitrogen and oxygen atoms in total. The molecule has 0 aromatic heterocycles. The third kappa shape index (κ3) is 4.70. The molecule has 0 saturated carbocycles. The Hall–Kier alpha value is 0.310. The minimum Gasteiger partial charge on any atom is -0.302 e. The van der Waals surface area contributed by atoms with Gasteiger partial charge in [0.25, 0.3) is 0 Å². The number of hydrogen-bond acceptors (Lipinski definition) is 2. The molecule has 0 bridgehead atoms. The number of nitrogens with one attached hydrogen (secondary N) is 1. The molecular weight excluding hydrogens is 190 g/mol. The Kier molecular flexibility index (Phi) is 6.70. The fourth-order valence-electron chi connectivity index (χ4n) is 1.93. The molecule has 1 saturated heterocycles. The van der Waals surface area contributed by atoms with Gasteiger partial charge in [-0.3, -0.25) is 0 Å². The molecule has 2 atom stereocenters. The second-order valence-corrected chi connectivity index (χ2v) is 5.53. The second-order valence-electron chi connectivity index (χ2n) is 4.30. The highest BCUT2D eigenvalue weighted by Gasteiger charge is 2.21. The molecule has 1 fully saturated rings. The molecule has 0 radical (unpaired) electrons. The third-order valence-corrected chi connectivity index (χ3v) is 4.35. The van der Waals surface area contributed by atoms with Gasteiger partial charge in [0.1, 0.15) is 0 Å². The molecule has 2 unspecified atom stereocenters. The van der Waals surface area contributed by atoms with E-state index < -0.39 is 0 Å². The van der Waals surface area contributed by atoms with E-state index in [-0.39, 0.29) is 0 Å². The van der Waals surface area contributed by atoms with E-state index in [2.05, 4.69) is 30.9 Å². The Balaban J connectivity index is 1.92. The minimum atomic E-state index is 0.765. The summed E-state index contributed by atoms with van der Waals surface area (Å²) < 4.78 is 0. The lowest BCUT2D eigenvalue weighted by molar-refractivity contribution is 0.508. The van der Waals surface area contributed by atoms with Crippen molar-refractivity contribution in [3.05, 3.63) is 0 Å². The Morgan fingerprint density at radius 2 is 1.93 bits per heavy atom. The molecule has 0 amide bonds. The van der Waals surface area contributed by atoms with Gasteiger partial charge in [-0.25, -0.2) is 0 Å². The Labute approximate surface area is 93.4 Å². The maximum atomic E-state index is 3.69. The number of rotatable bonds is 7. The predicted octanol–water partition coefficient (Wildman–Crippen LogP) is 3.79. The maximum Gasteiger partial charge on any atom is 0.0535 e. The summed E-state index contributed by atoms with van der Waals surface area (Å²) in [5.74, 6) is 1.33. The van der Waals surface area contributed by atoms with Gasteiger partial charge in [-0.1, -0.05) is 46.0 Å². The first-order chi connectivity index (χ1) is 6.86.